The van der Waals surface area contributed by atoms with E-state index in [4.69, 9.17) is 0 Å². The number of aromatic nitrogens is 5. The molecule has 2 rings (SSSR count). The first-order valence-electron chi connectivity index (χ1n) is 4.33. The average Bonchev–Trinajstić information content (AvgIpc) is 2.72. The van der Waals surface area contributed by atoms with Crippen molar-refractivity contribution in [1.82, 2.24) is 24.8 Å². The smallest absolute Gasteiger partial charge is 0.168 e. The second kappa shape index (κ2) is 3.49. The molecule has 0 saturated heterocycles. The van der Waals surface area contributed by atoms with E-state index >= 15 is 0 Å². The first kappa shape index (κ1) is 8.74. The van der Waals surface area contributed by atoms with Crippen LogP contribution < -0.4 is 5.32 Å². The largest absolute Gasteiger partial charge is 0.362 e. The minimum Gasteiger partial charge on any atom is -0.362 e. The Bertz CT molecular complexity index is 375. The van der Waals surface area contributed by atoms with Crippen molar-refractivity contribution in [2.75, 3.05) is 5.32 Å². The summed E-state index contributed by atoms with van der Waals surface area (Å²) in [6.07, 6.45) is 3.73. The lowest BCUT2D eigenvalue weighted by Crippen LogP contribution is -2.01. The van der Waals surface area contributed by atoms with Gasteiger partial charge in [-0.2, -0.15) is 5.10 Å². The van der Waals surface area contributed by atoms with Gasteiger partial charge in [0, 0.05) is 20.3 Å². The summed E-state index contributed by atoms with van der Waals surface area (Å²) >= 11 is 0. The normalized spacial score (nSPS) is 10.4. The van der Waals surface area contributed by atoms with Crippen LogP contribution in [0.4, 0.5) is 5.82 Å². The highest BCUT2D eigenvalue weighted by Crippen LogP contribution is 2.01. The molecule has 0 aliphatic carbocycles. The Morgan fingerprint density at radius 3 is 2.79 bits per heavy atom. The number of nitrogens with zero attached hydrogens (tertiary/aromatic N) is 5. The zero-order valence-corrected chi connectivity index (χ0v) is 8.18. The van der Waals surface area contributed by atoms with E-state index in [1.54, 1.807) is 9.36 Å². The summed E-state index contributed by atoms with van der Waals surface area (Å²) in [6, 6.07) is 1.96. The molecule has 0 spiro atoms. The fourth-order valence-electron chi connectivity index (χ4n) is 1.17. The maximum absolute atomic E-state index is 4.23. The van der Waals surface area contributed by atoms with Crippen LogP contribution in [-0.4, -0.2) is 24.8 Å². The third-order valence-corrected chi connectivity index (χ3v) is 1.82. The molecule has 0 bridgehead atoms. The van der Waals surface area contributed by atoms with Crippen LogP contribution in [0.5, 0.6) is 0 Å². The molecule has 0 saturated carbocycles. The van der Waals surface area contributed by atoms with E-state index in [9.17, 15) is 0 Å². The second-order valence-corrected chi connectivity index (χ2v) is 3.11. The molecule has 74 valence electrons. The van der Waals surface area contributed by atoms with Crippen LogP contribution in [0, 0.1) is 0 Å². The first-order valence-corrected chi connectivity index (χ1v) is 4.33. The number of anilines is 1. The Morgan fingerprint density at radius 2 is 2.21 bits per heavy atom. The van der Waals surface area contributed by atoms with Gasteiger partial charge in [-0.1, -0.05) is 5.21 Å². The molecule has 0 atom stereocenters. The molecule has 0 aliphatic rings. The van der Waals surface area contributed by atoms with Crippen molar-refractivity contribution in [3.05, 3.63) is 24.2 Å². The quantitative estimate of drug-likeness (QED) is 0.752. The van der Waals surface area contributed by atoms with Gasteiger partial charge in [-0.15, -0.1) is 5.10 Å². The van der Waals surface area contributed by atoms with Gasteiger partial charge in [0.25, 0.3) is 0 Å². The van der Waals surface area contributed by atoms with Crippen molar-refractivity contribution in [2.45, 2.75) is 6.54 Å². The molecule has 6 heteroatoms. The molecule has 0 radical (unpaired) electrons. The van der Waals surface area contributed by atoms with E-state index in [1.807, 2.05) is 32.6 Å². The summed E-state index contributed by atoms with van der Waals surface area (Å²) < 4.78 is 3.43. The van der Waals surface area contributed by atoms with Crippen molar-refractivity contribution in [3.8, 4) is 0 Å². The summed E-state index contributed by atoms with van der Waals surface area (Å²) in [7, 11) is 3.73. The average molecular weight is 192 g/mol. The maximum Gasteiger partial charge on any atom is 0.168 e. The van der Waals surface area contributed by atoms with Crippen molar-refractivity contribution in [3.63, 3.8) is 0 Å². The van der Waals surface area contributed by atoms with E-state index in [2.05, 4.69) is 20.7 Å². The lowest BCUT2D eigenvalue weighted by molar-refractivity contribution is 0.715. The van der Waals surface area contributed by atoms with Crippen LogP contribution in [0.15, 0.2) is 18.5 Å². The molecule has 0 fully saturated rings. The van der Waals surface area contributed by atoms with E-state index < -0.39 is 0 Å². The van der Waals surface area contributed by atoms with Crippen LogP contribution in [0.1, 0.15) is 5.69 Å². The molecular formula is C8H12N6. The van der Waals surface area contributed by atoms with Crippen LogP contribution in [0.3, 0.4) is 0 Å². The van der Waals surface area contributed by atoms with Gasteiger partial charge in [0.1, 0.15) is 0 Å². The third-order valence-electron chi connectivity index (χ3n) is 1.82. The van der Waals surface area contributed by atoms with Crippen molar-refractivity contribution >= 4 is 5.82 Å². The van der Waals surface area contributed by atoms with E-state index in [-0.39, 0.29) is 0 Å². The van der Waals surface area contributed by atoms with Crippen LogP contribution >= 0.6 is 0 Å². The zero-order chi connectivity index (χ0) is 9.97. The summed E-state index contributed by atoms with van der Waals surface area (Å²) in [4.78, 5) is 0. The number of aryl methyl sites for hydroxylation is 2. The fraction of sp³-hybridized carbons (Fsp3) is 0.375. The zero-order valence-electron chi connectivity index (χ0n) is 8.18. The molecule has 1 N–H and O–H groups in total. The molecule has 6 nitrogen and oxygen atoms in total. The molecular weight excluding hydrogens is 180 g/mol. The maximum atomic E-state index is 4.23. The molecule has 2 aromatic heterocycles. The summed E-state index contributed by atoms with van der Waals surface area (Å²) in [5.41, 5.74) is 0.984. The van der Waals surface area contributed by atoms with Crippen LogP contribution in [-0.2, 0) is 20.6 Å². The van der Waals surface area contributed by atoms with Gasteiger partial charge in [-0.25, -0.2) is 0 Å². The lowest BCUT2D eigenvalue weighted by atomic mass is 10.4. The van der Waals surface area contributed by atoms with E-state index in [0.717, 1.165) is 11.5 Å². The van der Waals surface area contributed by atoms with Gasteiger partial charge in [0.15, 0.2) is 5.82 Å². The summed E-state index contributed by atoms with van der Waals surface area (Å²) in [6.45, 7) is 0.666. The Morgan fingerprint density at radius 1 is 1.36 bits per heavy atom. The molecule has 2 heterocycles. The minimum atomic E-state index is 0.666. The monoisotopic (exact) mass is 192 g/mol. The number of rotatable bonds is 3. The lowest BCUT2D eigenvalue weighted by Gasteiger charge is -1.97. The van der Waals surface area contributed by atoms with Gasteiger partial charge >= 0.3 is 0 Å². The van der Waals surface area contributed by atoms with Crippen molar-refractivity contribution in [2.24, 2.45) is 14.1 Å². The number of nitrogens with one attached hydrogen (secondary N) is 1. The Hall–Kier alpha value is -1.85. The number of hydrogen-bond acceptors (Lipinski definition) is 4. The molecule has 0 aliphatic heterocycles. The third kappa shape index (κ3) is 1.90. The fourth-order valence-corrected chi connectivity index (χ4v) is 1.17. The standard InChI is InChI=1S/C8H12N6/c1-13-4-3-7(11-13)5-9-8-6-14(2)12-10-8/h3-4,6,9H,5H2,1-2H3. The predicted octanol–water partition coefficient (Wildman–Crippen LogP) is 0.161. The Kier molecular flexibility index (Phi) is 2.18. The Balaban J connectivity index is 1.94. The second-order valence-electron chi connectivity index (χ2n) is 3.11. The molecule has 14 heavy (non-hydrogen) atoms. The van der Waals surface area contributed by atoms with Crippen LogP contribution in [0.2, 0.25) is 0 Å². The predicted molar refractivity (Wildman–Crippen MR) is 51.5 cm³/mol. The Labute approximate surface area is 81.5 Å². The van der Waals surface area contributed by atoms with Gasteiger partial charge in [0.05, 0.1) is 18.4 Å². The van der Waals surface area contributed by atoms with Gasteiger partial charge in [-0.3, -0.25) is 9.36 Å². The summed E-state index contributed by atoms with van der Waals surface area (Å²) in [5, 5.41) is 15.1. The van der Waals surface area contributed by atoms with E-state index in [0.29, 0.717) is 6.54 Å². The van der Waals surface area contributed by atoms with E-state index in [1.165, 1.54) is 0 Å². The highest BCUT2D eigenvalue weighted by Gasteiger charge is 1.99. The van der Waals surface area contributed by atoms with Gasteiger partial charge < -0.3 is 5.32 Å². The van der Waals surface area contributed by atoms with Crippen molar-refractivity contribution in [1.29, 1.82) is 0 Å². The SMILES string of the molecule is Cn1cc(NCc2ccn(C)n2)nn1. The molecule has 2 aromatic rings. The van der Waals surface area contributed by atoms with Gasteiger partial charge in [-0.05, 0) is 6.07 Å². The molecule has 0 aromatic carbocycles. The van der Waals surface area contributed by atoms with Crippen molar-refractivity contribution < 1.29 is 0 Å². The topological polar surface area (TPSA) is 60.6 Å². The van der Waals surface area contributed by atoms with Crippen LogP contribution in [0.25, 0.3) is 0 Å². The van der Waals surface area contributed by atoms with Gasteiger partial charge in [0.2, 0.25) is 0 Å². The highest BCUT2D eigenvalue weighted by atomic mass is 15.4. The first-order chi connectivity index (χ1) is 6.74. The summed E-state index contributed by atoms with van der Waals surface area (Å²) in [5.74, 6) is 0.762. The molecule has 0 amide bonds. The highest BCUT2D eigenvalue weighted by molar-refractivity contribution is 5.29. The minimum absolute atomic E-state index is 0.666. The number of hydrogen-bond donors (Lipinski definition) is 1. The molecule has 0 unspecified atom stereocenters.